The summed E-state index contributed by atoms with van der Waals surface area (Å²) >= 11 is 1.55. The van der Waals surface area contributed by atoms with Gasteiger partial charge >= 0.3 is 0 Å². The molecule has 0 amide bonds. The van der Waals surface area contributed by atoms with E-state index in [-0.39, 0.29) is 17.6 Å². The van der Waals surface area contributed by atoms with Crippen LogP contribution in [-0.4, -0.2) is 18.3 Å². The molecule has 1 aromatic carbocycles. The van der Waals surface area contributed by atoms with E-state index in [0.717, 1.165) is 10.4 Å². The van der Waals surface area contributed by atoms with Crippen molar-refractivity contribution in [3.63, 3.8) is 0 Å². The molecule has 5 heteroatoms. The van der Waals surface area contributed by atoms with Gasteiger partial charge in [0.25, 0.3) is 0 Å². The molecule has 0 aliphatic rings. The number of methoxy groups -OCH3 is 1. The Labute approximate surface area is 128 Å². The van der Waals surface area contributed by atoms with Crippen molar-refractivity contribution < 1.29 is 14.2 Å². The summed E-state index contributed by atoms with van der Waals surface area (Å²) in [6.45, 7) is 2.57. The predicted octanol–water partition coefficient (Wildman–Crippen LogP) is 3.50. The molecule has 0 aliphatic carbocycles. The molecule has 2 atom stereocenters. The first-order valence-electron chi connectivity index (χ1n) is 6.87. The van der Waals surface area contributed by atoms with Crippen LogP contribution in [0.2, 0.25) is 0 Å². The Kier molecular flexibility index (Phi) is 5.73. The molecule has 114 valence electrons. The van der Waals surface area contributed by atoms with E-state index in [9.17, 15) is 9.50 Å². The van der Waals surface area contributed by atoms with E-state index in [1.165, 1.54) is 13.2 Å². The molecular weight excluding hydrogens is 289 g/mol. The number of rotatable bonds is 7. The Bertz CT molecular complexity index is 559. The average Bonchev–Trinajstić information content (AvgIpc) is 2.99. The summed E-state index contributed by atoms with van der Waals surface area (Å²) in [5.74, 6) is -0.108. The molecule has 0 fully saturated rings. The molecule has 0 bridgehead atoms. The van der Waals surface area contributed by atoms with E-state index in [1.807, 2.05) is 30.5 Å². The number of aliphatic hydroxyl groups excluding tert-OH is 1. The van der Waals surface area contributed by atoms with Crippen molar-refractivity contribution in [1.29, 1.82) is 0 Å². The minimum atomic E-state index is -0.458. The lowest BCUT2D eigenvalue weighted by Gasteiger charge is -2.17. The van der Waals surface area contributed by atoms with Crippen LogP contribution in [0.5, 0.6) is 5.75 Å². The Morgan fingerprint density at radius 2 is 2.19 bits per heavy atom. The van der Waals surface area contributed by atoms with E-state index in [1.54, 1.807) is 17.4 Å². The number of hydrogen-bond donors (Lipinski definition) is 2. The monoisotopic (exact) mass is 309 g/mol. The first kappa shape index (κ1) is 15.9. The molecule has 0 spiro atoms. The molecule has 0 radical (unpaired) electrons. The van der Waals surface area contributed by atoms with E-state index in [2.05, 4.69) is 5.32 Å². The molecule has 0 saturated heterocycles. The molecule has 2 rings (SSSR count). The standard InChI is InChI=1S/C16H20FNO2S/c1-11(8-14(19)16-4-3-7-21-16)18-10-12-5-6-15(20-2)13(17)9-12/h3-7,9,11,14,18-19H,8,10H2,1-2H3. The number of benzene rings is 1. The highest BCUT2D eigenvalue weighted by Gasteiger charge is 2.13. The molecule has 2 aromatic rings. The maximum absolute atomic E-state index is 13.6. The largest absolute Gasteiger partial charge is 0.494 e. The van der Waals surface area contributed by atoms with Crippen molar-refractivity contribution in [3.05, 3.63) is 52.0 Å². The SMILES string of the molecule is COc1ccc(CNC(C)CC(O)c2cccs2)cc1F. The highest BCUT2D eigenvalue weighted by molar-refractivity contribution is 7.10. The van der Waals surface area contributed by atoms with Crippen LogP contribution in [0.15, 0.2) is 35.7 Å². The lowest BCUT2D eigenvalue weighted by molar-refractivity contribution is 0.157. The fourth-order valence-electron chi connectivity index (χ4n) is 2.13. The van der Waals surface area contributed by atoms with Gasteiger partial charge in [0, 0.05) is 17.5 Å². The summed E-state index contributed by atoms with van der Waals surface area (Å²) in [5, 5.41) is 15.3. The molecule has 2 unspecified atom stereocenters. The van der Waals surface area contributed by atoms with Crippen molar-refractivity contribution in [2.24, 2.45) is 0 Å². The maximum Gasteiger partial charge on any atom is 0.165 e. The normalized spacial score (nSPS) is 13.9. The van der Waals surface area contributed by atoms with Crippen LogP contribution in [0, 0.1) is 5.82 Å². The molecule has 0 saturated carbocycles. The lowest BCUT2D eigenvalue weighted by atomic mass is 10.1. The number of halogens is 1. The second-order valence-corrected chi connectivity index (χ2v) is 6.00. The van der Waals surface area contributed by atoms with Crippen molar-refractivity contribution in [3.8, 4) is 5.75 Å². The van der Waals surface area contributed by atoms with Gasteiger partial charge in [0.05, 0.1) is 13.2 Å². The summed E-state index contributed by atoms with van der Waals surface area (Å²) in [4.78, 5) is 0.971. The van der Waals surface area contributed by atoms with Crippen molar-refractivity contribution >= 4 is 11.3 Å². The molecular formula is C16H20FNO2S. The molecule has 1 aromatic heterocycles. The third kappa shape index (κ3) is 4.52. The van der Waals surface area contributed by atoms with Gasteiger partial charge in [0.15, 0.2) is 11.6 Å². The number of aliphatic hydroxyl groups is 1. The zero-order chi connectivity index (χ0) is 15.2. The zero-order valence-electron chi connectivity index (χ0n) is 12.2. The average molecular weight is 309 g/mol. The van der Waals surface area contributed by atoms with E-state index in [0.29, 0.717) is 13.0 Å². The van der Waals surface area contributed by atoms with E-state index in [4.69, 9.17) is 4.74 Å². The fraction of sp³-hybridized carbons (Fsp3) is 0.375. The minimum absolute atomic E-state index is 0.132. The Morgan fingerprint density at radius 1 is 1.38 bits per heavy atom. The van der Waals surface area contributed by atoms with E-state index >= 15 is 0 Å². The summed E-state index contributed by atoms with van der Waals surface area (Å²) in [5.41, 5.74) is 0.853. The van der Waals surface area contributed by atoms with Crippen LogP contribution in [0.4, 0.5) is 4.39 Å². The zero-order valence-corrected chi connectivity index (χ0v) is 13.0. The second-order valence-electron chi connectivity index (χ2n) is 5.02. The van der Waals surface area contributed by atoms with Gasteiger partial charge in [-0.25, -0.2) is 4.39 Å². The predicted molar refractivity (Wildman–Crippen MR) is 83.1 cm³/mol. The second kappa shape index (κ2) is 7.54. The van der Waals surface area contributed by atoms with Crippen LogP contribution in [0.1, 0.15) is 29.9 Å². The molecule has 0 aliphatic heterocycles. The van der Waals surface area contributed by atoms with E-state index < -0.39 is 6.10 Å². The molecule has 21 heavy (non-hydrogen) atoms. The van der Waals surface area contributed by atoms with Gasteiger partial charge in [-0.2, -0.15) is 0 Å². The van der Waals surface area contributed by atoms with Crippen LogP contribution in [0.3, 0.4) is 0 Å². The number of thiophene rings is 1. The number of hydrogen-bond acceptors (Lipinski definition) is 4. The third-order valence-electron chi connectivity index (χ3n) is 3.32. The van der Waals surface area contributed by atoms with Gasteiger partial charge < -0.3 is 15.2 Å². The highest BCUT2D eigenvalue weighted by atomic mass is 32.1. The number of ether oxygens (including phenoxy) is 1. The third-order valence-corrected chi connectivity index (χ3v) is 4.29. The van der Waals surface area contributed by atoms with Crippen molar-refractivity contribution in [2.45, 2.75) is 32.0 Å². The summed E-state index contributed by atoms with van der Waals surface area (Å²) in [6, 6.07) is 8.91. The molecule has 2 N–H and O–H groups in total. The van der Waals surface area contributed by atoms with Crippen molar-refractivity contribution in [2.75, 3.05) is 7.11 Å². The molecule has 1 heterocycles. The fourth-order valence-corrected chi connectivity index (χ4v) is 2.85. The van der Waals surface area contributed by atoms with Gasteiger partial charge in [0.2, 0.25) is 0 Å². The maximum atomic E-state index is 13.6. The Hall–Kier alpha value is -1.43. The van der Waals surface area contributed by atoms with Crippen LogP contribution >= 0.6 is 11.3 Å². The Balaban J connectivity index is 1.83. The van der Waals surface area contributed by atoms with Crippen LogP contribution < -0.4 is 10.1 Å². The first-order valence-corrected chi connectivity index (χ1v) is 7.75. The summed E-state index contributed by atoms with van der Waals surface area (Å²) < 4.78 is 18.5. The van der Waals surface area contributed by atoms with Gasteiger partial charge in [-0.3, -0.25) is 0 Å². The first-order chi connectivity index (χ1) is 10.1. The van der Waals surface area contributed by atoms with Gasteiger partial charge in [-0.05, 0) is 42.5 Å². The summed E-state index contributed by atoms with van der Waals surface area (Å²) in [6.07, 6.45) is 0.166. The molecule has 3 nitrogen and oxygen atoms in total. The lowest BCUT2D eigenvalue weighted by Crippen LogP contribution is -2.27. The van der Waals surface area contributed by atoms with Crippen molar-refractivity contribution in [1.82, 2.24) is 5.32 Å². The van der Waals surface area contributed by atoms with Gasteiger partial charge in [-0.1, -0.05) is 12.1 Å². The smallest absolute Gasteiger partial charge is 0.165 e. The number of nitrogens with one attached hydrogen (secondary N) is 1. The Morgan fingerprint density at radius 3 is 2.81 bits per heavy atom. The quantitative estimate of drug-likeness (QED) is 0.822. The van der Waals surface area contributed by atoms with Crippen LogP contribution in [0.25, 0.3) is 0 Å². The minimum Gasteiger partial charge on any atom is -0.494 e. The van der Waals surface area contributed by atoms with Gasteiger partial charge in [-0.15, -0.1) is 11.3 Å². The van der Waals surface area contributed by atoms with Gasteiger partial charge in [0.1, 0.15) is 0 Å². The topological polar surface area (TPSA) is 41.5 Å². The summed E-state index contributed by atoms with van der Waals surface area (Å²) in [7, 11) is 1.45. The highest BCUT2D eigenvalue weighted by Crippen LogP contribution is 2.23. The van der Waals surface area contributed by atoms with Crippen LogP contribution in [-0.2, 0) is 6.54 Å².